The van der Waals surface area contributed by atoms with Gasteiger partial charge in [0, 0.05) is 13.0 Å². The van der Waals surface area contributed by atoms with Crippen LogP contribution in [0.15, 0.2) is 36.5 Å². The summed E-state index contributed by atoms with van der Waals surface area (Å²) in [5.74, 6) is -0.334. The van der Waals surface area contributed by atoms with Gasteiger partial charge in [0.1, 0.15) is 19.3 Å². The summed E-state index contributed by atoms with van der Waals surface area (Å²) in [6.45, 7) is 5.45. The van der Waals surface area contributed by atoms with Crippen molar-refractivity contribution in [1.29, 1.82) is 0 Å². The number of phosphoric ester groups is 1. The molecule has 0 aliphatic heterocycles. The first kappa shape index (κ1) is 62.7. The average molecular weight is 924 g/mol. The van der Waals surface area contributed by atoms with Gasteiger partial charge in [0.05, 0.1) is 34.4 Å². The topological polar surface area (TPSA) is 94.1 Å². The zero-order chi connectivity index (χ0) is 46.9. The second-order valence-corrected chi connectivity index (χ2v) is 21.0. The third kappa shape index (κ3) is 51.7. The van der Waals surface area contributed by atoms with Crippen LogP contribution >= 0.6 is 7.82 Å². The van der Waals surface area contributed by atoms with E-state index < -0.39 is 13.9 Å². The quantitative estimate of drug-likeness (QED) is 0.0197. The number of carbonyl (C=O) groups excluding carboxylic acids is 1. The summed E-state index contributed by atoms with van der Waals surface area (Å²) in [7, 11) is 1.36. The lowest BCUT2D eigenvalue weighted by Crippen LogP contribution is -2.37. The van der Waals surface area contributed by atoms with Gasteiger partial charge in [0.25, 0.3) is 7.82 Å². The van der Waals surface area contributed by atoms with E-state index >= 15 is 0 Å². The van der Waals surface area contributed by atoms with E-state index in [-0.39, 0.29) is 25.8 Å². The van der Waals surface area contributed by atoms with Crippen LogP contribution < -0.4 is 4.89 Å². The highest BCUT2D eigenvalue weighted by molar-refractivity contribution is 7.45. The van der Waals surface area contributed by atoms with E-state index in [0.717, 1.165) is 44.9 Å². The Hall–Kier alpha value is -1.28. The van der Waals surface area contributed by atoms with Crippen molar-refractivity contribution in [2.45, 2.75) is 258 Å². The fourth-order valence-corrected chi connectivity index (χ4v) is 8.46. The van der Waals surface area contributed by atoms with Crippen LogP contribution in [0, 0.1) is 0 Å². The Balaban J connectivity index is 4.09. The molecule has 2 unspecified atom stereocenters. The highest BCUT2D eigenvalue weighted by Crippen LogP contribution is 2.38. The second-order valence-electron chi connectivity index (χ2n) is 19.6. The molecule has 0 aromatic heterocycles. The lowest BCUT2D eigenvalue weighted by atomic mass is 10.0. The van der Waals surface area contributed by atoms with Gasteiger partial charge in [0.15, 0.2) is 0 Å². The predicted octanol–water partition coefficient (Wildman–Crippen LogP) is 16.3. The highest BCUT2D eigenvalue weighted by Gasteiger charge is 2.20. The van der Waals surface area contributed by atoms with Gasteiger partial charge in [-0.25, -0.2) is 0 Å². The van der Waals surface area contributed by atoms with E-state index in [4.69, 9.17) is 18.5 Å². The standard InChI is InChI=1S/C55H106NO7P/c1-6-8-10-12-14-16-18-20-22-24-25-26-27-28-29-30-31-32-34-36-38-40-42-44-46-48-55(57)63-54(53-62-64(58,59)61-51-49-56(3,4)5)52-60-50-47-45-43-41-39-37-35-33-23-21-19-17-15-13-11-9-7-2/h18,20,24-25,27-28,54H,6-17,19,21-23,26,29-53H2,1-5H3/b20-18-,25-24-,28-27-. The van der Waals surface area contributed by atoms with Gasteiger partial charge >= 0.3 is 5.97 Å². The molecule has 64 heavy (non-hydrogen) atoms. The molecule has 0 radical (unpaired) electrons. The van der Waals surface area contributed by atoms with Crippen molar-refractivity contribution in [2.24, 2.45) is 0 Å². The lowest BCUT2D eigenvalue weighted by molar-refractivity contribution is -0.870. The van der Waals surface area contributed by atoms with E-state index in [1.54, 1.807) is 0 Å². The number of unbranched alkanes of at least 4 members (excludes halogenated alkanes) is 31. The number of quaternary nitrogens is 1. The van der Waals surface area contributed by atoms with Gasteiger partial charge in [-0.2, -0.15) is 0 Å². The van der Waals surface area contributed by atoms with Crippen LogP contribution in [0.2, 0.25) is 0 Å². The van der Waals surface area contributed by atoms with Crippen molar-refractivity contribution in [3.63, 3.8) is 0 Å². The van der Waals surface area contributed by atoms with Crippen molar-refractivity contribution in [3.8, 4) is 0 Å². The summed E-state index contributed by atoms with van der Waals surface area (Å²) in [6.07, 6.45) is 58.8. The summed E-state index contributed by atoms with van der Waals surface area (Å²) in [5.41, 5.74) is 0. The second kappa shape index (κ2) is 48.2. The number of phosphoric acid groups is 1. The van der Waals surface area contributed by atoms with E-state index in [0.29, 0.717) is 24.1 Å². The number of rotatable bonds is 51. The van der Waals surface area contributed by atoms with Gasteiger partial charge in [-0.15, -0.1) is 0 Å². The van der Waals surface area contributed by atoms with Gasteiger partial charge in [0.2, 0.25) is 0 Å². The lowest BCUT2D eigenvalue weighted by Gasteiger charge is -2.28. The zero-order valence-electron chi connectivity index (χ0n) is 43.0. The molecule has 0 aliphatic carbocycles. The maximum Gasteiger partial charge on any atom is 0.306 e. The Morgan fingerprint density at radius 2 is 0.859 bits per heavy atom. The summed E-state index contributed by atoms with van der Waals surface area (Å²) in [5, 5.41) is 0. The van der Waals surface area contributed by atoms with Gasteiger partial charge in [-0.05, 0) is 51.4 Å². The molecule has 0 rings (SSSR count). The number of nitrogens with zero attached hydrogens (tertiary/aromatic N) is 1. The van der Waals surface area contributed by atoms with Gasteiger partial charge < -0.3 is 27.9 Å². The fraction of sp³-hybridized carbons (Fsp3) is 0.873. The maximum absolute atomic E-state index is 12.8. The molecular formula is C55H106NO7P. The minimum Gasteiger partial charge on any atom is -0.756 e. The number of carbonyl (C=O) groups is 1. The van der Waals surface area contributed by atoms with Crippen LogP contribution in [-0.2, 0) is 27.9 Å². The molecule has 0 aromatic carbocycles. The summed E-state index contributed by atoms with van der Waals surface area (Å²) in [6, 6.07) is 0. The minimum absolute atomic E-state index is 0.0267. The molecule has 0 saturated carbocycles. The zero-order valence-corrected chi connectivity index (χ0v) is 43.9. The Kier molecular flexibility index (Phi) is 47.2. The van der Waals surface area contributed by atoms with Crippen LogP contribution in [-0.4, -0.2) is 70.7 Å². The molecule has 0 bridgehead atoms. The molecule has 2 atom stereocenters. The van der Waals surface area contributed by atoms with E-state index in [2.05, 4.69) is 50.3 Å². The van der Waals surface area contributed by atoms with Crippen LogP contribution in [0.5, 0.6) is 0 Å². The molecule has 0 amide bonds. The number of likely N-dealkylation sites (N-methyl/N-ethyl adjacent to an activating group) is 1. The largest absolute Gasteiger partial charge is 0.756 e. The first-order chi connectivity index (χ1) is 31.1. The molecule has 0 spiro atoms. The van der Waals surface area contributed by atoms with Gasteiger partial charge in [-0.3, -0.25) is 9.36 Å². The third-order valence-electron chi connectivity index (χ3n) is 11.9. The molecule has 8 nitrogen and oxygen atoms in total. The maximum atomic E-state index is 12.8. The van der Waals surface area contributed by atoms with Crippen molar-refractivity contribution in [1.82, 2.24) is 0 Å². The summed E-state index contributed by atoms with van der Waals surface area (Å²) < 4.78 is 34.8. The van der Waals surface area contributed by atoms with E-state index in [1.165, 1.54) is 186 Å². The molecule has 378 valence electrons. The normalized spacial score (nSPS) is 13.8. The third-order valence-corrected chi connectivity index (χ3v) is 12.9. The Morgan fingerprint density at radius 3 is 1.28 bits per heavy atom. The van der Waals surface area contributed by atoms with E-state index in [1.807, 2.05) is 21.1 Å². The van der Waals surface area contributed by atoms with Crippen molar-refractivity contribution >= 4 is 13.8 Å². The van der Waals surface area contributed by atoms with Crippen LogP contribution in [0.25, 0.3) is 0 Å². The van der Waals surface area contributed by atoms with E-state index in [9.17, 15) is 14.3 Å². The molecule has 0 fully saturated rings. The molecule has 9 heteroatoms. The Bertz CT molecular complexity index is 1120. The Morgan fingerprint density at radius 1 is 0.484 bits per heavy atom. The number of hydrogen-bond donors (Lipinski definition) is 0. The first-order valence-corrected chi connectivity index (χ1v) is 28.7. The van der Waals surface area contributed by atoms with Crippen LogP contribution in [0.4, 0.5) is 0 Å². The number of allylic oxidation sites excluding steroid dienone is 6. The number of ether oxygens (including phenoxy) is 2. The Labute approximate surface area is 397 Å². The molecule has 0 saturated heterocycles. The highest BCUT2D eigenvalue weighted by atomic mass is 31.2. The monoisotopic (exact) mass is 924 g/mol. The average Bonchev–Trinajstić information content (AvgIpc) is 3.25. The van der Waals surface area contributed by atoms with Crippen molar-refractivity contribution in [2.75, 3.05) is 54.1 Å². The SMILES string of the molecule is CCCCCCC/C=C\C/C=C\C/C=C\CCCCCCCCCCCCC(=O)OC(COCCCCCCCCCCCCCCCCCCC)COP(=O)([O-])OCC[N+](C)(C)C. The molecule has 0 N–H and O–H groups in total. The predicted molar refractivity (Wildman–Crippen MR) is 273 cm³/mol. The number of esters is 1. The van der Waals surface area contributed by atoms with Gasteiger partial charge in [-0.1, -0.05) is 230 Å². The molecule has 0 aliphatic rings. The summed E-state index contributed by atoms with van der Waals surface area (Å²) >= 11 is 0. The molecule has 0 heterocycles. The van der Waals surface area contributed by atoms with Crippen LogP contribution in [0.1, 0.15) is 251 Å². The smallest absolute Gasteiger partial charge is 0.306 e. The summed E-state index contributed by atoms with van der Waals surface area (Å²) in [4.78, 5) is 25.2. The fourth-order valence-electron chi connectivity index (χ4n) is 7.73. The minimum atomic E-state index is -4.53. The molecule has 0 aromatic rings. The van der Waals surface area contributed by atoms with Crippen molar-refractivity contribution < 1.29 is 37.3 Å². The van der Waals surface area contributed by atoms with Crippen molar-refractivity contribution in [3.05, 3.63) is 36.5 Å². The number of hydrogen-bond acceptors (Lipinski definition) is 7. The van der Waals surface area contributed by atoms with Crippen LogP contribution in [0.3, 0.4) is 0 Å². The molecular weight excluding hydrogens is 818 g/mol. The first-order valence-electron chi connectivity index (χ1n) is 27.2.